The molecule has 0 saturated carbocycles. The van der Waals surface area contributed by atoms with Gasteiger partial charge in [-0.2, -0.15) is 0 Å². The van der Waals surface area contributed by atoms with Crippen LogP contribution in [0.5, 0.6) is 0 Å². The fourth-order valence-electron chi connectivity index (χ4n) is 2.34. The number of nitrogens with zero attached hydrogens (tertiary/aromatic N) is 2. The Morgan fingerprint density at radius 2 is 2.05 bits per heavy atom. The first-order valence-corrected chi connectivity index (χ1v) is 7.06. The average molecular weight is 293 g/mol. The minimum absolute atomic E-state index is 0.220. The van der Waals surface area contributed by atoms with Crippen LogP contribution in [0.1, 0.15) is 16.5 Å². The maximum Gasteiger partial charge on any atom is 0.192 e. The first-order chi connectivity index (χ1) is 9.63. The van der Waals surface area contributed by atoms with Crippen LogP contribution in [-0.4, -0.2) is 17.4 Å². The smallest absolute Gasteiger partial charge is 0.192 e. The largest absolute Gasteiger partial charge is 0.370 e. The van der Waals surface area contributed by atoms with E-state index in [1.54, 1.807) is 11.3 Å². The summed E-state index contributed by atoms with van der Waals surface area (Å²) in [5.74, 6) is -0.754. The fourth-order valence-corrected chi connectivity index (χ4v) is 3.05. The highest BCUT2D eigenvalue weighted by Crippen LogP contribution is 2.29. The molecule has 1 aliphatic heterocycles. The molecule has 0 bridgehead atoms. The van der Waals surface area contributed by atoms with Crippen LogP contribution in [-0.2, 0) is 6.54 Å². The zero-order valence-electron chi connectivity index (χ0n) is 10.6. The average Bonchev–Trinajstić information content (AvgIpc) is 3.00. The van der Waals surface area contributed by atoms with Gasteiger partial charge in [-0.15, -0.1) is 11.3 Å². The van der Waals surface area contributed by atoms with Crippen molar-refractivity contribution in [1.82, 2.24) is 4.90 Å². The zero-order chi connectivity index (χ0) is 14.1. The summed E-state index contributed by atoms with van der Waals surface area (Å²) in [5.41, 5.74) is 6.45. The van der Waals surface area contributed by atoms with E-state index in [9.17, 15) is 8.78 Å². The number of benzene rings is 1. The summed E-state index contributed by atoms with van der Waals surface area (Å²) in [6.45, 7) is 1.01. The van der Waals surface area contributed by atoms with E-state index in [1.165, 1.54) is 12.1 Å². The van der Waals surface area contributed by atoms with Crippen molar-refractivity contribution >= 4 is 17.3 Å². The van der Waals surface area contributed by atoms with Gasteiger partial charge in [-0.3, -0.25) is 4.99 Å². The maximum absolute atomic E-state index is 13.4. The molecule has 2 heterocycles. The molecule has 20 heavy (non-hydrogen) atoms. The molecule has 3 rings (SSSR count). The minimum Gasteiger partial charge on any atom is -0.370 e. The second kappa shape index (κ2) is 5.20. The van der Waals surface area contributed by atoms with Gasteiger partial charge < -0.3 is 10.6 Å². The predicted octanol–water partition coefficient (Wildman–Crippen LogP) is 2.90. The minimum atomic E-state index is -0.582. The van der Waals surface area contributed by atoms with Crippen LogP contribution in [0.25, 0.3) is 0 Å². The third-order valence-corrected chi connectivity index (χ3v) is 4.13. The Kier molecular flexibility index (Phi) is 3.40. The van der Waals surface area contributed by atoms with Crippen LogP contribution < -0.4 is 5.73 Å². The van der Waals surface area contributed by atoms with Crippen LogP contribution in [0.4, 0.5) is 8.78 Å². The van der Waals surface area contributed by atoms with E-state index >= 15 is 0 Å². The van der Waals surface area contributed by atoms with Gasteiger partial charge in [0.15, 0.2) is 5.96 Å². The Bertz CT molecular complexity index is 620. The Balaban J connectivity index is 1.88. The summed E-state index contributed by atoms with van der Waals surface area (Å²) in [6, 6.07) is 7.28. The zero-order valence-corrected chi connectivity index (χ0v) is 11.4. The first-order valence-electron chi connectivity index (χ1n) is 6.18. The lowest BCUT2D eigenvalue weighted by atomic mass is 10.1. The van der Waals surface area contributed by atoms with Crippen molar-refractivity contribution in [1.29, 1.82) is 0 Å². The van der Waals surface area contributed by atoms with Gasteiger partial charge in [0.2, 0.25) is 0 Å². The Labute approximate surface area is 119 Å². The highest BCUT2D eigenvalue weighted by atomic mass is 32.1. The van der Waals surface area contributed by atoms with Crippen LogP contribution in [0, 0.1) is 11.6 Å². The van der Waals surface area contributed by atoms with Gasteiger partial charge in [0.1, 0.15) is 11.6 Å². The van der Waals surface area contributed by atoms with E-state index in [-0.39, 0.29) is 6.04 Å². The molecule has 1 aromatic heterocycles. The molecule has 1 atom stereocenters. The van der Waals surface area contributed by atoms with Crippen molar-refractivity contribution in [2.24, 2.45) is 10.7 Å². The van der Waals surface area contributed by atoms with E-state index in [0.717, 1.165) is 10.9 Å². The van der Waals surface area contributed by atoms with Crippen LogP contribution in [0.3, 0.4) is 0 Å². The summed E-state index contributed by atoms with van der Waals surface area (Å²) >= 11 is 1.61. The summed E-state index contributed by atoms with van der Waals surface area (Å²) < 4.78 is 26.7. The van der Waals surface area contributed by atoms with E-state index in [1.807, 2.05) is 22.4 Å². The number of hydrogen-bond donors (Lipinski definition) is 1. The Morgan fingerprint density at radius 3 is 2.70 bits per heavy atom. The molecular weight excluding hydrogens is 280 g/mol. The van der Waals surface area contributed by atoms with Crippen molar-refractivity contribution < 1.29 is 8.78 Å². The monoisotopic (exact) mass is 293 g/mol. The summed E-state index contributed by atoms with van der Waals surface area (Å²) in [7, 11) is 0. The third kappa shape index (κ3) is 2.51. The third-order valence-electron chi connectivity index (χ3n) is 3.27. The highest BCUT2D eigenvalue weighted by molar-refractivity contribution is 7.09. The molecule has 2 N–H and O–H groups in total. The van der Waals surface area contributed by atoms with Crippen LogP contribution in [0.2, 0.25) is 0 Å². The van der Waals surface area contributed by atoms with E-state index in [4.69, 9.17) is 5.73 Å². The predicted molar refractivity (Wildman–Crippen MR) is 75.5 cm³/mol. The van der Waals surface area contributed by atoms with Crippen LogP contribution >= 0.6 is 11.3 Å². The number of guanidine groups is 1. The summed E-state index contributed by atoms with van der Waals surface area (Å²) in [5, 5.41) is 1.98. The Hall–Kier alpha value is -1.95. The van der Waals surface area contributed by atoms with Gasteiger partial charge in [0.25, 0.3) is 0 Å². The summed E-state index contributed by atoms with van der Waals surface area (Å²) in [6.07, 6.45) is 0. The van der Waals surface area contributed by atoms with Gasteiger partial charge in [0, 0.05) is 10.9 Å². The van der Waals surface area contributed by atoms with Crippen molar-refractivity contribution in [2.75, 3.05) is 6.54 Å². The van der Waals surface area contributed by atoms with Crippen molar-refractivity contribution in [3.05, 3.63) is 57.8 Å². The molecule has 6 heteroatoms. The lowest BCUT2D eigenvalue weighted by molar-refractivity contribution is 0.341. The molecule has 0 saturated heterocycles. The molecule has 0 aliphatic carbocycles. The second-order valence-electron chi connectivity index (χ2n) is 4.62. The standard InChI is InChI=1S/C14H13F2N3S/c15-10-4-9(5-11(16)6-10)13-7-18-14(17)19(13)8-12-2-1-3-20-12/h1-6,13H,7-8H2,(H2,17,18). The molecule has 3 nitrogen and oxygen atoms in total. The van der Waals surface area contributed by atoms with Crippen LogP contribution in [0.15, 0.2) is 40.7 Å². The molecule has 1 unspecified atom stereocenters. The second-order valence-corrected chi connectivity index (χ2v) is 5.66. The van der Waals surface area contributed by atoms with Gasteiger partial charge in [-0.1, -0.05) is 6.07 Å². The molecule has 104 valence electrons. The molecule has 1 aliphatic rings. The van der Waals surface area contributed by atoms with Gasteiger partial charge in [-0.05, 0) is 29.1 Å². The lowest BCUT2D eigenvalue weighted by Gasteiger charge is -2.26. The number of hydrogen-bond acceptors (Lipinski definition) is 4. The quantitative estimate of drug-likeness (QED) is 0.945. The van der Waals surface area contributed by atoms with Crippen molar-refractivity contribution in [3.8, 4) is 0 Å². The Morgan fingerprint density at radius 1 is 1.30 bits per heavy atom. The normalized spacial score (nSPS) is 18.4. The SMILES string of the molecule is NC1=NCC(c2cc(F)cc(F)c2)N1Cc1cccs1. The highest BCUT2D eigenvalue weighted by Gasteiger charge is 2.28. The number of rotatable bonds is 3. The number of nitrogens with two attached hydrogens (primary N) is 1. The maximum atomic E-state index is 13.4. The van der Waals surface area contributed by atoms with Gasteiger partial charge in [0.05, 0.1) is 19.1 Å². The number of thiophene rings is 1. The molecule has 2 aromatic rings. The molecule has 0 spiro atoms. The summed E-state index contributed by atoms with van der Waals surface area (Å²) in [4.78, 5) is 7.20. The van der Waals surface area contributed by atoms with Crippen molar-refractivity contribution in [3.63, 3.8) is 0 Å². The molecule has 1 aromatic carbocycles. The molecule has 0 radical (unpaired) electrons. The fraction of sp³-hybridized carbons (Fsp3) is 0.214. The molecular formula is C14H13F2N3S. The lowest BCUT2D eigenvalue weighted by Crippen LogP contribution is -2.35. The number of halogens is 2. The van der Waals surface area contributed by atoms with E-state index in [0.29, 0.717) is 24.6 Å². The van der Waals surface area contributed by atoms with E-state index < -0.39 is 11.6 Å². The van der Waals surface area contributed by atoms with Crippen molar-refractivity contribution in [2.45, 2.75) is 12.6 Å². The topological polar surface area (TPSA) is 41.6 Å². The first kappa shape index (κ1) is 13.1. The molecule has 0 amide bonds. The van der Waals surface area contributed by atoms with Gasteiger partial charge in [-0.25, -0.2) is 8.78 Å². The van der Waals surface area contributed by atoms with E-state index in [2.05, 4.69) is 4.99 Å². The number of aliphatic imine (C=N–C) groups is 1. The van der Waals surface area contributed by atoms with Gasteiger partial charge >= 0.3 is 0 Å². The molecule has 0 fully saturated rings.